The van der Waals surface area contributed by atoms with Gasteiger partial charge in [0.15, 0.2) is 0 Å². The molecule has 0 atom stereocenters. The fraction of sp³-hybridized carbons (Fsp3) is 0.294. The van der Waals surface area contributed by atoms with E-state index in [0.29, 0.717) is 17.8 Å². The Bertz CT molecular complexity index is 686. The van der Waals surface area contributed by atoms with Crippen molar-refractivity contribution >= 4 is 29.0 Å². The predicted octanol–water partition coefficient (Wildman–Crippen LogP) is 2.48. The highest BCUT2D eigenvalue weighted by Crippen LogP contribution is 2.14. The summed E-state index contributed by atoms with van der Waals surface area (Å²) in [6.07, 6.45) is 0. The monoisotopic (exact) mass is 347 g/mol. The molecule has 2 aromatic rings. The highest BCUT2D eigenvalue weighted by molar-refractivity contribution is 7.07. The number of hydrogen-bond acceptors (Lipinski definition) is 4. The largest absolute Gasteiger partial charge is 0.395 e. The molecule has 0 fully saturated rings. The standard InChI is InChI=1S/C17H21N3O3S/c1-19(2)16(22)14-4-3-5-15(10-14)18-17(23)20(7-8-21)11-13-6-9-24-12-13/h3-6,9-10,12,21H,7-8,11H2,1-2H3,(H,18,23). The van der Waals surface area contributed by atoms with Crippen LogP contribution in [0.15, 0.2) is 41.1 Å². The van der Waals surface area contributed by atoms with Crippen LogP contribution in [0.3, 0.4) is 0 Å². The van der Waals surface area contributed by atoms with Gasteiger partial charge in [0.05, 0.1) is 6.61 Å². The summed E-state index contributed by atoms with van der Waals surface area (Å²) >= 11 is 1.56. The van der Waals surface area contributed by atoms with Gasteiger partial charge in [-0.2, -0.15) is 11.3 Å². The van der Waals surface area contributed by atoms with Gasteiger partial charge in [0.1, 0.15) is 0 Å². The van der Waals surface area contributed by atoms with Crippen molar-refractivity contribution in [1.82, 2.24) is 9.80 Å². The molecule has 1 aromatic carbocycles. The second-order valence-electron chi connectivity index (χ2n) is 5.49. The normalized spacial score (nSPS) is 10.3. The van der Waals surface area contributed by atoms with E-state index in [2.05, 4.69) is 5.32 Å². The zero-order valence-electron chi connectivity index (χ0n) is 13.7. The van der Waals surface area contributed by atoms with Crippen molar-refractivity contribution in [2.24, 2.45) is 0 Å². The topological polar surface area (TPSA) is 72.9 Å². The second kappa shape index (κ2) is 8.47. The third-order valence-electron chi connectivity index (χ3n) is 3.38. The van der Waals surface area contributed by atoms with Gasteiger partial charge in [0.25, 0.3) is 5.91 Å². The van der Waals surface area contributed by atoms with E-state index in [0.717, 1.165) is 5.56 Å². The van der Waals surface area contributed by atoms with Crippen molar-refractivity contribution in [2.45, 2.75) is 6.54 Å². The molecule has 2 rings (SSSR count). The van der Waals surface area contributed by atoms with Crippen LogP contribution in [-0.2, 0) is 6.54 Å². The molecule has 0 aliphatic heterocycles. The van der Waals surface area contributed by atoms with Gasteiger partial charge in [0.2, 0.25) is 0 Å². The molecular formula is C17H21N3O3S. The van der Waals surface area contributed by atoms with Crippen molar-refractivity contribution in [1.29, 1.82) is 0 Å². The van der Waals surface area contributed by atoms with E-state index in [1.165, 1.54) is 9.80 Å². The van der Waals surface area contributed by atoms with Gasteiger partial charge >= 0.3 is 6.03 Å². The van der Waals surface area contributed by atoms with E-state index >= 15 is 0 Å². The van der Waals surface area contributed by atoms with E-state index in [1.807, 2.05) is 16.8 Å². The van der Waals surface area contributed by atoms with Gasteiger partial charge in [-0.15, -0.1) is 0 Å². The summed E-state index contributed by atoms with van der Waals surface area (Å²) in [5.74, 6) is -0.128. The molecule has 128 valence electrons. The number of hydrogen-bond donors (Lipinski definition) is 2. The summed E-state index contributed by atoms with van der Waals surface area (Å²) in [7, 11) is 3.36. The first kappa shape index (κ1) is 18.0. The number of nitrogens with one attached hydrogen (secondary N) is 1. The minimum Gasteiger partial charge on any atom is -0.395 e. The van der Waals surface area contributed by atoms with Gasteiger partial charge in [-0.3, -0.25) is 4.79 Å². The highest BCUT2D eigenvalue weighted by atomic mass is 32.1. The number of thiophene rings is 1. The third-order valence-corrected chi connectivity index (χ3v) is 4.11. The van der Waals surface area contributed by atoms with Crippen LogP contribution < -0.4 is 5.32 Å². The number of benzene rings is 1. The third kappa shape index (κ3) is 4.81. The first-order valence-corrected chi connectivity index (χ1v) is 8.45. The van der Waals surface area contributed by atoms with Gasteiger partial charge in [-0.25, -0.2) is 4.79 Å². The van der Waals surface area contributed by atoms with Crippen LogP contribution in [0.1, 0.15) is 15.9 Å². The quantitative estimate of drug-likeness (QED) is 0.843. The van der Waals surface area contributed by atoms with Gasteiger partial charge in [-0.05, 0) is 40.6 Å². The molecule has 7 heteroatoms. The zero-order chi connectivity index (χ0) is 17.5. The Balaban J connectivity index is 2.08. The summed E-state index contributed by atoms with van der Waals surface area (Å²) in [4.78, 5) is 27.5. The Morgan fingerprint density at radius 2 is 2.04 bits per heavy atom. The molecule has 0 radical (unpaired) electrons. The average molecular weight is 347 g/mol. The summed E-state index contributed by atoms with van der Waals surface area (Å²) in [6.45, 7) is 0.543. The van der Waals surface area contributed by atoms with Crippen LogP contribution in [0, 0.1) is 0 Å². The maximum absolute atomic E-state index is 12.5. The van der Waals surface area contributed by atoms with E-state index in [9.17, 15) is 14.7 Å². The van der Waals surface area contributed by atoms with Crippen LogP contribution in [0.25, 0.3) is 0 Å². The molecule has 0 bridgehead atoms. The van der Waals surface area contributed by atoms with Crippen molar-refractivity contribution in [3.63, 3.8) is 0 Å². The van der Waals surface area contributed by atoms with E-state index < -0.39 is 0 Å². The maximum Gasteiger partial charge on any atom is 0.322 e. The fourth-order valence-electron chi connectivity index (χ4n) is 2.17. The first-order chi connectivity index (χ1) is 11.5. The lowest BCUT2D eigenvalue weighted by Gasteiger charge is -2.22. The molecule has 3 amide bonds. The SMILES string of the molecule is CN(C)C(=O)c1cccc(NC(=O)N(CCO)Cc2ccsc2)c1. The van der Waals surface area contributed by atoms with Crippen molar-refractivity contribution in [3.05, 3.63) is 52.2 Å². The minimum atomic E-state index is -0.315. The number of anilines is 1. The Morgan fingerprint density at radius 3 is 2.67 bits per heavy atom. The Morgan fingerprint density at radius 1 is 1.25 bits per heavy atom. The van der Waals surface area contributed by atoms with Crippen LogP contribution in [0.4, 0.5) is 10.5 Å². The van der Waals surface area contributed by atoms with Crippen LogP contribution in [0.2, 0.25) is 0 Å². The average Bonchev–Trinajstić information content (AvgIpc) is 3.07. The number of amides is 3. The van der Waals surface area contributed by atoms with Gasteiger partial charge in [-0.1, -0.05) is 6.07 Å². The van der Waals surface area contributed by atoms with E-state index in [-0.39, 0.29) is 25.1 Å². The van der Waals surface area contributed by atoms with Gasteiger partial charge in [0, 0.05) is 38.4 Å². The predicted molar refractivity (Wildman–Crippen MR) is 95.3 cm³/mol. The lowest BCUT2D eigenvalue weighted by Crippen LogP contribution is -2.36. The van der Waals surface area contributed by atoms with Crippen molar-refractivity contribution in [3.8, 4) is 0 Å². The lowest BCUT2D eigenvalue weighted by atomic mass is 10.2. The molecule has 24 heavy (non-hydrogen) atoms. The zero-order valence-corrected chi connectivity index (χ0v) is 14.5. The molecule has 0 aliphatic carbocycles. The number of carbonyl (C=O) groups is 2. The van der Waals surface area contributed by atoms with Crippen LogP contribution in [0.5, 0.6) is 0 Å². The number of aliphatic hydroxyl groups is 1. The number of urea groups is 1. The minimum absolute atomic E-state index is 0.114. The molecule has 0 saturated heterocycles. The Kier molecular flexibility index (Phi) is 6.34. The molecule has 0 saturated carbocycles. The lowest BCUT2D eigenvalue weighted by molar-refractivity contribution is 0.0827. The molecule has 0 spiro atoms. The number of aliphatic hydroxyl groups excluding tert-OH is 1. The highest BCUT2D eigenvalue weighted by Gasteiger charge is 2.15. The molecule has 0 unspecified atom stereocenters. The molecule has 2 N–H and O–H groups in total. The summed E-state index contributed by atoms with van der Waals surface area (Å²) in [5, 5.41) is 15.9. The molecule has 0 aliphatic rings. The number of nitrogens with zero attached hydrogens (tertiary/aromatic N) is 2. The number of carbonyl (C=O) groups excluding carboxylic acids is 2. The van der Waals surface area contributed by atoms with E-state index in [4.69, 9.17) is 0 Å². The molecule has 6 nitrogen and oxygen atoms in total. The first-order valence-electron chi connectivity index (χ1n) is 7.51. The smallest absolute Gasteiger partial charge is 0.322 e. The van der Waals surface area contributed by atoms with E-state index in [1.54, 1.807) is 49.7 Å². The van der Waals surface area contributed by atoms with Crippen molar-refractivity contribution < 1.29 is 14.7 Å². The van der Waals surface area contributed by atoms with Crippen LogP contribution in [-0.4, -0.2) is 54.1 Å². The maximum atomic E-state index is 12.5. The fourth-order valence-corrected chi connectivity index (χ4v) is 2.83. The molecular weight excluding hydrogens is 326 g/mol. The molecule has 1 aromatic heterocycles. The Hall–Kier alpha value is -2.38. The van der Waals surface area contributed by atoms with Crippen LogP contribution >= 0.6 is 11.3 Å². The second-order valence-corrected chi connectivity index (χ2v) is 6.27. The summed E-state index contributed by atoms with van der Waals surface area (Å²) in [6, 6.07) is 8.42. The summed E-state index contributed by atoms with van der Waals surface area (Å²) < 4.78 is 0. The Labute approximate surface area is 145 Å². The summed E-state index contributed by atoms with van der Waals surface area (Å²) in [5.41, 5.74) is 2.06. The molecule has 1 heterocycles. The number of rotatable bonds is 6. The van der Waals surface area contributed by atoms with Crippen molar-refractivity contribution in [2.75, 3.05) is 32.6 Å². The van der Waals surface area contributed by atoms with Gasteiger partial charge < -0.3 is 20.2 Å².